The van der Waals surface area contributed by atoms with E-state index in [0.29, 0.717) is 19.4 Å². The summed E-state index contributed by atoms with van der Waals surface area (Å²) in [5.41, 5.74) is 1.00. The van der Waals surface area contributed by atoms with Crippen LogP contribution in [0.4, 0.5) is 0 Å². The molecule has 1 fully saturated rings. The SMILES string of the molecule is CC(C)Oc1ccc(CNC(=O)C2CCCC(C(=O)O)C2)cc1. The Kier molecular flexibility index (Phi) is 6.02. The van der Waals surface area contributed by atoms with Crippen LogP contribution in [0.25, 0.3) is 0 Å². The van der Waals surface area contributed by atoms with Gasteiger partial charge >= 0.3 is 5.97 Å². The summed E-state index contributed by atoms with van der Waals surface area (Å²) in [7, 11) is 0. The van der Waals surface area contributed by atoms with Crippen LogP contribution in [0.3, 0.4) is 0 Å². The van der Waals surface area contributed by atoms with Gasteiger partial charge in [-0.3, -0.25) is 9.59 Å². The molecule has 1 aliphatic rings. The lowest BCUT2D eigenvalue weighted by molar-refractivity contribution is -0.144. The van der Waals surface area contributed by atoms with Crippen LogP contribution in [0.15, 0.2) is 24.3 Å². The molecule has 2 N–H and O–H groups in total. The third kappa shape index (κ3) is 5.27. The predicted octanol–water partition coefficient (Wildman–Crippen LogP) is 2.98. The molecule has 0 aromatic heterocycles. The Labute approximate surface area is 137 Å². The number of carboxylic acids is 1. The van der Waals surface area contributed by atoms with Crippen molar-refractivity contribution in [3.8, 4) is 5.75 Å². The van der Waals surface area contributed by atoms with Crippen molar-refractivity contribution < 1.29 is 19.4 Å². The van der Waals surface area contributed by atoms with Gasteiger partial charge in [-0.05, 0) is 50.8 Å². The van der Waals surface area contributed by atoms with Crippen molar-refractivity contribution in [3.05, 3.63) is 29.8 Å². The van der Waals surface area contributed by atoms with E-state index in [1.54, 1.807) is 0 Å². The van der Waals surface area contributed by atoms with Crippen molar-refractivity contribution >= 4 is 11.9 Å². The molecule has 0 spiro atoms. The molecule has 126 valence electrons. The summed E-state index contributed by atoms with van der Waals surface area (Å²) in [5.74, 6) is -0.589. The quantitative estimate of drug-likeness (QED) is 0.845. The number of rotatable bonds is 6. The number of nitrogens with one attached hydrogen (secondary N) is 1. The van der Waals surface area contributed by atoms with Crippen LogP contribution in [-0.2, 0) is 16.1 Å². The molecule has 1 aromatic rings. The van der Waals surface area contributed by atoms with Gasteiger partial charge in [0.1, 0.15) is 5.75 Å². The minimum absolute atomic E-state index is 0.0431. The molecule has 0 bridgehead atoms. The van der Waals surface area contributed by atoms with Gasteiger partial charge in [-0.25, -0.2) is 0 Å². The maximum absolute atomic E-state index is 12.2. The monoisotopic (exact) mass is 319 g/mol. The van der Waals surface area contributed by atoms with Gasteiger partial charge in [0.05, 0.1) is 12.0 Å². The maximum Gasteiger partial charge on any atom is 0.306 e. The summed E-state index contributed by atoms with van der Waals surface area (Å²) >= 11 is 0. The molecule has 23 heavy (non-hydrogen) atoms. The highest BCUT2D eigenvalue weighted by Crippen LogP contribution is 2.29. The topological polar surface area (TPSA) is 75.6 Å². The second-order valence-electron chi connectivity index (χ2n) is 6.43. The van der Waals surface area contributed by atoms with E-state index in [9.17, 15) is 9.59 Å². The van der Waals surface area contributed by atoms with Gasteiger partial charge in [-0.1, -0.05) is 18.6 Å². The molecule has 1 aliphatic carbocycles. The van der Waals surface area contributed by atoms with Crippen LogP contribution in [0, 0.1) is 11.8 Å². The van der Waals surface area contributed by atoms with Gasteiger partial charge in [0.15, 0.2) is 0 Å². The van der Waals surface area contributed by atoms with Gasteiger partial charge in [-0.15, -0.1) is 0 Å². The van der Waals surface area contributed by atoms with E-state index in [2.05, 4.69) is 5.32 Å². The van der Waals surface area contributed by atoms with Crippen molar-refractivity contribution in [1.29, 1.82) is 0 Å². The third-order valence-electron chi connectivity index (χ3n) is 4.16. The zero-order chi connectivity index (χ0) is 16.8. The number of carbonyl (C=O) groups is 2. The van der Waals surface area contributed by atoms with Crippen LogP contribution >= 0.6 is 0 Å². The fourth-order valence-corrected chi connectivity index (χ4v) is 2.94. The molecule has 0 radical (unpaired) electrons. The van der Waals surface area contributed by atoms with Crippen molar-refractivity contribution in [3.63, 3.8) is 0 Å². The van der Waals surface area contributed by atoms with Crippen LogP contribution < -0.4 is 10.1 Å². The molecule has 0 saturated heterocycles. The van der Waals surface area contributed by atoms with E-state index in [-0.39, 0.29) is 23.8 Å². The smallest absolute Gasteiger partial charge is 0.306 e. The molecule has 5 nitrogen and oxygen atoms in total. The lowest BCUT2D eigenvalue weighted by Crippen LogP contribution is -2.35. The first-order valence-electron chi connectivity index (χ1n) is 8.22. The lowest BCUT2D eigenvalue weighted by Gasteiger charge is -2.25. The molecular formula is C18H25NO4. The Morgan fingerprint density at radius 3 is 2.48 bits per heavy atom. The standard InChI is InChI=1S/C18H25NO4/c1-12(2)23-16-8-6-13(7-9-16)11-19-17(20)14-4-3-5-15(10-14)18(21)22/h6-9,12,14-15H,3-5,10-11H2,1-2H3,(H,19,20)(H,21,22). The number of amides is 1. The highest BCUT2D eigenvalue weighted by atomic mass is 16.5. The van der Waals surface area contributed by atoms with Crippen molar-refractivity contribution in [2.75, 3.05) is 0 Å². The summed E-state index contributed by atoms with van der Waals surface area (Å²) in [6.45, 7) is 4.40. The molecule has 1 amide bonds. The van der Waals surface area contributed by atoms with Crippen molar-refractivity contribution in [2.45, 2.75) is 52.2 Å². The largest absolute Gasteiger partial charge is 0.491 e. The van der Waals surface area contributed by atoms with Crippen molar-refractivity contribution in [1.82, 2.24) is 5.32 Å². The highest BCUT2D eigenvalue weighted by Gasteiger charge is 2.30. The Hall–Kier alpha value is -2.04. The predicted molar refractivity (Wildman–Crippen MR) is 87.1 cm³/mol. The van der Waals surface area contributed by atoms with E-state index in [1.807, 2.05) is 38.1 Å². The van der Waals surface area contributed by atoms with Crippen LogP contribution in [-0.4, -0.2) is 23.1 Å². The highest BCUT2D eigenvalue weighted by molar-refractivity contribution is 5.80. The molecule has 1 saturated carbocycles. The number of hydrogen-bond donors (Lipinski definition) is 2. The zero-order valence-corrected chi connectivity index (χ0v) is 13.7. The number of hydrogen-bond acceptors (Lipinski definition) is 3. The second-order valence-corrected chi connectivity index (χ2v) is 6.43. The molecule has 1 aromatic carbocycles. The van der Waals surface area contributed by atoms with E-state index in [4.69, 9.17) is 9.84 Å². The lowest BCUT2D eigenvalue weighted by atomic mass is 9.81. The molecule has 2 rings (SSSR count). The van der Waals surface area contributed by atoms with Crippen molar-refractivity contribution in [2.24, 2.45) is 11.8 Å². The normalized spacial score (nSPS) is 21.0. The van der Waals surface area contributed by atoms with Crippen LogP contribution in [0.2, 0.25) is 0 Å². The fraction of sp³-hybridized carbons (Fsp3) is 0.556. The average molecular weight is 319 g/mol. The van der Waals surface area contributed by atoms with Crippen LogP contribution in [0.1, 0.15) is 45.1 Å². The summed E-state index contributed by atoms with van der Waals surface area (Å²) in [6, 6.07) is 7.64. The number of benzene rings is 1. The summed E-state index contributed by atoms with van der Waals surface area (Å²) in [6.07, 6.45) is 2.83. The maximum atomic E-state index is 12.2. The molecule has 2 atom stereocenters. The average Bonchev–Trinajstić information content (AvgIpc) is 2.53. The zero-order valence-electron chi connectivity index (χ0n) is 13.7. The van der Waals surface area contributed by atoms with E-state index in [1.165, 1.54) is 0 Å². The summed E-state index contributed by atoms with van der Waals surface area (Å²) in [4.78, 5) is 23.3. The fourth-order valence-electron chi connectivity index (χ4n) is 2.94. The minimum Gasteiger partial charge on any atom is -0.491 e. The van der Waals surface area contributed by atoms with E-state index in [0.717, 1.165) is 24.2 Å². The Balaban J connectivity index is 1.83. The van der Waals surface area contributed by atoms with Gasteiger partial charge in [-0.2, -0.15) is 0 Å². The van der Waals surface area contributed by atoms with Gasteiger partial charge in [0, 0.05) is 12.5 Å². The summed E-state index contributed by atoms with van der Waals surface area (Å²) in [5, 5.41) is 12.0. The Morgan fingerprint density at radius 1 is 1.22 bits per heavy atom. The first-order valence-corrected chi connectivity index (χ1v) is 8.22. The number of carbonyl (C=O) groups excluding carboxylic acids is 1. The first-order chi connectivity index (χ1) is 11.0. The van der Waals surface area contributed by atoms with Gasteiger partial charge in [0.25, 0.3) is 0 Å². The number of aliphatic carboxylic acids is 1. The summed E-state index contributed by atoms with van der Waals surface area (Å²) < 4.78 is 5.58. The van der Waals surface area contributed by atoms with Crippen LogP contribution in [0.5, 0.6) is 5.75 Å². The minimum atomic E-state index is -0.789. The van der Waals surface area contributed by atoms with E-state index < -0.39 is 5.97 Å². The second kappa shape index (κ2) is 7.99. The first kappa shape index (κ1) is 17.3. The molecular weight excluding hydrogens is 294 g/mol. The number of ether oxygens (including phenoxy) is 1. The molecule has 0 heterocycles. The third-order valence-corrected chi connectivity index (χ3v) is 4.16. The number of carboxylic acid groups (broad SMARTS) is 1. The van der Waals surface area contributed by atoms with Gasteiger partial charge in [0.2, 0.25) is 5.91 Å². The van der Waals surface area contributed by atoms with Gasteiger partial charge < -0.3 is 15.2 Å². The Bertz CT molecular complexity index is 538. The molecule has 2 unspecified atom stereocenters. The Morgan fingerprint density at radius 2 is 1.87 bits per heavy atom. The molecule has 5 heteroatoms. The molecule has 0 aliphatic heterocycles. The van der Waals surface area contributed by atoms with E-state index >= 15 is 0 Å².